The average Bonchev–Trinajstić information content (AvgIpc) is 3.00. The molecule has 0 spiro atoms. The largest absolute Gasteiger partial charge is 0.327 e. The van der Waals surface area contributed by atoms with Gasteiger partial charge in [0, 0.05) is 30.7 Å². The van der Waals surface area contributed by atoms with Crippen molar-refractivity contribution in [2.24, 2.45) is 7.05 Å². The number of hydrogen-bond acceptors (Lipinski definition) is 5. The molecule has 0 saturated heterocycles. The van der Waals surface area contributed by atoms with Crippen LogP contribution in [0.1, 0.15) is 32.3 Å². The standard InChI is InChI=1S/C16H16ClN7O.C2H6/c1-23-9-12(13(17)22-23)19-15-18-7-10-8-24(11-5-3-2-4-6-11)16(25)21-14(10)20-15;1-2/h3,5-7,9H,2,4,8H2,1H3,(H2,18,19,20,21,25);1-2H3. The predicted octanol–water partition coefficient (Wildman–Crippen LogP) is 4.21. The molecule has 0 saturated carbocycles. The summed E-state index contributed by atoms with van der Waals surface area (Å²) in [4.78, 5) is 22.8. The third-order valence-electron chi connectivity index (χ3n) is 3.98. The molecule has 1 aliphatic carbocycles. The molecule has 2 N–H and O–H groups in total. The van der Waals surface area contributed by atoms with Crippen molar-refractivity contribution < 1.29 is 4.79 Å². The highest BCUT2D eigenvalue weighted by Crippen LogP contribution is 2.28. The zero-order valence-corrected chi connectivity index (χ0v) is 16.3. The Morgan fingerprint density at radius 3 is 2.78 bits per heavy atom. The summed E-state index contributed by atoms with van der Waals surface area (Å²) in [6.07, 6.45) is 11.5. The van der Waals surface area contributed by atoms with E-state index in [1.807, 2.05) is 19.9 Å². The van der Waals surface area contributed by atoms with E-state index in [0.717, 1.165) is 24.1 Å². The number of carbonyl (C=O) groups excluding carboxylic acids is 1. The zero-order chi connectivity index (χ0) is 19.4. The molecule has 2 aliphatic rings. The lowest BCUT2D eigenvalue weighted by Crippen LogP contribution is -2.38. The fourth-order valence-corrected chi connectivity index (χ4v) is 2.99. The summed E-state index contributed by atoms with van der Waals surface area (Å²) < 4.78 is 1.59. The highest BCUT2D eigenvalue weighted by atomic mass is 35.5. The van der Waals surface area contributed by atoms with Crippen LogP contribution in [-0.4, -0.2) is 30.7 Å². The minimum absolute atomic E-state index is 0.200. The Hall–Kier alpha value is -2.87. The number of allylic oxidation sites excluding steroid dienone is 3. The van der Waals surface area contributed by atoms with Crippen LogP contribution in [-0.2, 0) is 13.6 Å². The van der Waals surface area contributed by atoms with Crippen LogP contribution in [0.2, 0.25) is 5.15 Å². The van der Waals surface area contributed by atoms with E-state index in [0.29, 0.717) is 29.2 Å². The second-order valence-corrected chi connectivity index (χ2v) is 6.18. The molecule has 2 amide bonds. The number of fused-ring (bicyclic) bond motifs is 1. The third-order valence-corrected chi connectivity index (χ3v) is 4.26. The molecule has 27 heavy (non-hydrogen) atoms. The van der Waals surface area contributed by atoms with Gasteiger partial charge in [-0.1, -0.05) is 37.6 Å². The fourth-order valence-electron chi connectivity index (χ4n) is 2.78. The van der Waals surface area contributed by atoms with Crippen molar-refractivity contribution in [1.82, 2.24) is 24.6 Å². The van der Waals surface area contributed by atoms with Gasteiger partial charge in [-0.3, -0.25) is 14.9 Å². The van der Waals surface area contributed by atoms with Gasteiger partial charge < -0.3 is 5.32 Å². The van der Waals surface area contributed by atoms with Gasteiger partial charge in [-0.05, 0) is 18.9 Å². The van der Waals surface area contributed by atoms with Crippen molar-refractivity contribution >= 4 is 35.1 Å². The number of amides is 2. The summed E-state index contributed by atoms with van der Waals surface area (Å²) in [7, 11) is 1.77. The van der Waals surface area contributed by atoms with E-state index in [-0.39, 0.29) is 6.03 Å². The number of nitrogens with zero attached hydrogens (tertiary/aromatic N) is 5. The lowest BCUT2D eigenvalue weighted by Gasteiger charge is -2.30. The van der Waals surface area contributed by atoms with Crippen molar-refractivity contribution in [3.63, 3.8) is 0 Å². The fraction of sp³-hybridized carbons (Fsp3) is 0.333. The minimum atomic E-state index is -0.200. The summed E-state index contributed by atoms with van der Waals surface area (Å²) in [5.41, 5.74) is 2.35. The number of rotatable bonds is 3. The van der Waals surface area contributed by atoms with Crippen molar-refractivity contribution in [2.45, 2.75) is 33.2 Å². The van der Waals surface area contributed by atoms with Crippen LogP contribution in [0.3, 0.4) is 0 Å². The zero-order valence-electron chi connectivity index (χ0n) is 15.5. The van der Waals surface area contributed by atoms with E-state index in [4.69, 9.17) is 11.6 Å². The number of urea groups is 1. The first-order valence-corrected chi connectivity index (χ1v) is 9.25. The van der Waals surface area contributed by atoms with Gasteiger partial charge in [-0.2, -0.15) is 10.1 Å². The number of anilines is 3. The van der Waals surface area contributed by atoms with Crippen molar-refractivity contribution in [2.75, 3.05) is 10.6 Å². The van der Waals surface area contributed by atoms with E-state index >= 15 is 0 Å². The Morgan fingerprint density at radius 2 is 2.11 bits per heavy atom. The Morgan fingerprint density at radius 1 is 1.30 bits per heavy atom. The van der Waals surface area contributed by atoms with Crippen molar-refractivity contribution in [3.8, 4) is 0 Å². The van der Waals surface area contributed by atoms with Crippen LogP contribution in [0.4, 0.5) is 22.2 Å². The molecule has 9 heteroatoms. The molecule has 142 valence electrons. The van der Waals surface area contributed by atoms with E-state index in [9.17, 15) is 4.79 Å². The molecule has 0 fully saturated rings. The Labute approximate surface area is 162 Å². The first-order valence-electron chi connectivity index (χ1n) is 8.87. The maximum Gasteiger partial charge on any atom is 0.327 e. The molecule has 0 radical (unpaired) electrons. The van der Waals surface area contributed by atoms with Gasteiger partial charge in [0.05, 0.1) is 12.2 Å². The molecular formula is C18H22ClN7O. The second kappa shape index (κ2) is 8.22. The SMILES string of the molecule is CC.Cn1cc(Nc2ncc3c(n2)NC(=O)N(C2=CCCC=C2)C3)c(Cl)n1. The number of aromatic nitrogens is 4. The molecule has 4 rings (SSSR count). The van der Waals surface area contributed by atoms with Crippen LogP contribution in [0.5, 0.6) is 0 Å². The molecule has 0 atom stereocenters. The van der Waals surface area contributed by atoms with Gasteiger partial charge in [0.15, 0.2) is 5.15 Å². The maximum atomic E-state index is 12.4. The summed E-state index contributed by atoms with van der Waals surface area (Å²) in [6.45, 7) is 4.44. The van der Waals surface area contributed by atoms with Crippen LogP contribution < -0.4 is 10.6 Å². The van der Waals surface area contributed by atoms with Crippen molar-refractivity contribution in [1.29, 1.82) is 0 Å². The lowest BCUT2D eigenvalue weighted by atomic mass is 10.1. The monoisotopic (exact) mass is 387 g/mol. The molecule has 3 heterocycles. The maximum absolute atomic E-state index is 12.4. The van der Waals surface area contributed by atoms with E-state index in [2.05, 4.69) is 37.9 Å². The first kappa shape index (κ1) is 18.9. The van der Waals surface area contributed by atoms with Crippen LogP contribution in [0.15, 0.2) is 36.3 Å². The first-order chi connectivity index (χ1) is 13.1. The number of aryl methyl sites for hydroxylation is 1. The normalized spacial score (nSPS) is 15.3. The summed E-state index contributed by atoms with van der Waals surface area (Å²) >= 11 is 6.03. The molecule has 2 aromatic rings. The summed E-state index contributed by atoms with van der Waals surface area (Å²) in [6, 6.07) is -0.200. The van der Waals surface area contributed by atoms with E-state index in [1.54, 1.807) is 29.0 Å². The topological polar surface area (TPSA) is 88.0 Å². The van der Waals surface area contributed by atoms with Crippen molar-refractivity contribution in [3.05, 3.63) is 47.0 Å². The second-order valence-electron chi connectivity index (χ2n) is 5.82. The van der Waals surface area contributed by atoms with Gasteiger partial charge >= 0.3 is 6.03 Å². The van der Waals surface area contributed by atoms with Gasteiger partial charge in [-0.15, -0.1) is 0 Å². The Kier molecular flexibility index (Phi) is 5.75. The lowest BCUT2D eigenvalue weighted by molar-refractivity contribution is 0.221. The molecule has 1 aliphatic heterocycles. The Balaban J connectivity index is 0.00000102. The number of halogens is 1. The molecule has 0 aromatic carbocycles. The number of nitrogens with one attached hydrogen (secondary N) is 2. The van der Waals surface area contributed by atoms with Crippen LogP contribution in [0, 0.1) is 0 Å². The molecule has 0 unspecified atom stereocenters. The molecule has 2 aromatic heterocycles. The van der Waals surface area contributed by atoms with Crippen LogP contribution >= 0.6 is 11.6 Å². The van der Waals surface area contributed by atoms with Gasteiger partial charge in [0.25, 0.3) is 0 Å². The van der Waals surface area contributed by atoms with Crippen LogP contribution in [0.25, 0.3) is 0 Å². The third kappa shape index (κ3) is 4.11. The molecular weight excluding hydrogens is 366 g/mol. The quantitative estimate of drug-likeness (QED) is 0.823. The summed E-state index contributed by atoms with van der Waals surface area (Å²) in [5, 5.41) is 10.2. The van der Waals surface area contributed by atoms with Gasteiger partial charge in [0.2, 0.25) is 5.95 Å². The number of hydrogen-bond donors (Lipinski definition) is 2. The average molecular weight is 388 g/mol. The highest BCUT2D eigenvalue weighted by Gasteiger charge is 2.26. The number of carbonyl (C=O) groups is 1. The van der Waals surface area contributed by atoms with Gasteiger partial charge in [-0.25, -0.2) is 9.78 Å². The van der Waals surface area contributed by atoms with E-state index in [1.165, 1.54) is 0 Å². The van der Waals surface area contributed by atoms with E-state index < -0.39 is 0 Å². The summed E-state index contributed by atoms with van der Waals surface area (Å²) in [5.74, 6) is 0.846. The Bertz CT molecular complexity index is 903. The predicted molar refractivity (Wildman–Crippen MR) is 106 cm³/mol. The minimum Gasteiger partial charge on any atom is -0.320 e. The smallest absolute Gasteiger partial charge is 0.320 e. The highest BCUT2D eigenvalue weighted by molar-refractivity contribution is 6.32. The van der Waals surface area contributed by atoms with Gasteiger partial charge in [0.1, 0.15) is 5.82 Å². The molecule has 0 bridgehead atoms. The molecule has 8 nitrogen and oxygen atoms in total.